The third-order valence-corrected chi connectivity index (χ3v) is 5.66. The average Bonchev–Trinajstić information content (AvgIpc) is 3.13. The summed E-state index contributed by atoms with van der Waals surface area (Å²) in [5.74, 6) is 0. The predicted molar refractivity (Wildman–Crippen MR) is 113 cm³/mol. The Bertz CT molecular complexity index is 1060. The molecule has 0 unspecified atom stereocenters. The van der Waals surface area contributed by atoms with Crippen molar-refractivity contribution in [1.29, 1.82) is 0 Å². The van der Waals surface area contributed by atoms with Gasteiger partial charge in [-0.25, -0.2) is 0 Å². The molecular formula is C22H15BrClF3N2. The van der Waals surface area contributed by atoms with Crippen LogP contribution in [0.2, 0.25) is 5.02 Å². The molecule has 0 N–H and O–H groups in total. The maximum Gasteiger partial charge on any atom is 0.416 e. The van der Waals surface area contributed by atoms with Gasteiger partial charge in [0.1, 0.15) is 0 Å². The lowest BCUT2D eigenvalue weighted by Crippen LogP contribution is -2.19. The normalized spacial score (nSPS) is 16.8. The summed E-state index contributed by atoms with van der Waals surface area (Å²) in [7, 11) is 0. The fourth-order valence-corrected chi connectivity index (χ4v) is 3.90. The minimum Gasteiger partial charge on any atom is -0.257 e. The van der Waals surface area contributed by atoms with E-state index < -0.39 is 11.7 Å². The van der Waals surface area contributed by atoms with Crippen molar-refractivity contribution >= 4 is 38.9 Å². The van der Waals surface area contributed by atoms with E-state index in [-0.39, 0.29) is 6.04 Å². The Morgan fingerprint density at radius 1 is 0.966 bits per heavy atom. The van der Waals surface area contributed by atoms with Crippen LogP contribution in [0.1, 0.15) is 29.2 Å². The van der Waals surface area contributed by atoms with E-state index in [9.17, 15) is 13.2 Å². The second-order valence-electron chi connectivity index (χ2n) is 6.69. The monoisotopic (exact) mass is 478 g/mol. The fraction of sp³-hybridized carbons (Fsp3) is 0.136. The molecule has 3 aromatic rings. The van der Waals surface area contributed by atoms with E-state index in [4.69, 9.17) is 11.6 Å². The van der Waals surface area contributed by atoms with Crippen molar-refractivity contribution in [3.05, 3.63) is 99.0 Å². The molecule has 2 nitrogen and oxygen atoms in total. The van der Waals surface area contributed by atoms with Crippen LogP contribution in [0.15, 0.2) is 82.4 Å². The highest BCUT2D eigenvalue weighted by Gasteiger charge is 2.34. The second-order valence-corrected chi connectivity index (χ2v) is 8.01. The van der Waals surface area contributed by atoms with Gasteiger partial charge in [-0.15, -0.1) is 0 Å². The summed E-state index contributed by atoms with van der Waals surface area (Å²) in [4.78, 5) is 0. The molecule has 7 heteroatoms. The van der Waals surface area contributed by atoms with Gasteiger partial charge < -0.3 is 0 Å². The average molecular weight is 480 g/mol. The summed E-state index contributed by atoms with van der Waals surface area (Å²) in [5.41, 5.74) is 2.19. The molecule has 29 heavy (non-hydrogen) atoms. The molecule has 1 atom stereocenters. The molecule has 0 aliphatic carbocycles. The molecule has 0 saturated carbocycles. The number of anilines is 1. The first-order valence-electron chi connectivity index (χ1n) is 8.87. The summed E-state index contributed by atoms with van der Waals surface area (Å²) in [6, 6.07) is 19.9. The fourth-order valence-electron chi connectivity index (χ4n) is 3.38. The number of alkyl halides is 3. The Morgan fingerprint density at radius 2 is 1.69 bits per heavy atom. The Hall–Kier alpha value is -2.31. The van der Waals surface area contributed by atoms with E-state index in [0.717, 1.165) is 33.4 Å². The molecule has 0 radical (unpaired) electrons. The summed E-state index contributed by atoms with van der Waals surface area (Å²) in [6.45, 7) is 0. The first-order valence-corrected chi connectivity index (χ1v) is 10.0. The Kier molecular flexibility index (Phi) is 5.40. The van der Waals surface area contributed by atoms with Gasteiger partial charge in [-0.05, 0) is 47.5 Å². The smallest absolute Gasteiger partial charge is 0.257 e. The molecule has 0 fully saturated rings. The molecule has 0 saturated heterocycles. The number of hydrogen-bond acceptors (Lipinski definition) is 2. The molecular weight excluding hydrogens is 465 g/mol. The maximum absolute atomic E-state index is 13.2. The van der Waals surface area contributed by atoms with Crippen LogP contribution in [0, 0.1) is 0 Å². The van der Waals surface area contributed by atoms with Crippen molar-refractivity contribution in [3.63, 3.8) is 0 Å². The topological polar surface area (TPSA) is 15.6 Å². The van der Waals surface area contributed by atoms with Crippen LogP contribution in [0.25, 0.3) is 0 Å². The molecule has 0 amide bonds. The van der Waals surface area contributed by atoms with Crippen LogP contribution in [0.3, 0.4) is 0 Å². The lowest BCUT2D eigenvalue weighted by atomic mass is 9.98. The number of nitrogens with zero attached hydrogens (tertiary/aromatic N) is 2. The van der Waals surface area contributed by atoms with Gasteiger partial charge in [-0.1, -0.05) is 63.9 Å². The van der Waals surface area contributed by atoms with Gasteiger partial charge >= 0.3 is 6.18 Å². The standard InChI is InChI=1S/C22H15BrClF3N2/c23-16-10-8-14(9-11-16)20-13-21(18-6-1-2-7-19(18)24)29(28-20)17-5-3-4-15(12-17)22(25,26)27/h1-12,21H,13H2/t21-/m1/s1. The van der Waals surface area contributed by atoms with Gasteiger partial charge in [0.25, 0.3) is 0 Å². The molecule has 148 valence electrons. The van der Waals surface area contributed by atoms with E-state index in [2.05, 4.69) is 21.0 Å². The molecule has 0 aromatic heterocycles. The molecule has 1 aliphatic heterocycles. The van der Waals surface area contributed by atoms with Crippen LogP contribution in [-0.4, -0.2) is 5.71 Å². The number of halogens is 5. The summed E-state index contributed by atoms with van der Waals surface area (Å²) < 4.78 is 40.7. The number of hydrogen-bond donors (Lipinski definition) is 0. The highest BCUT2D eigenvalue weighted by atomic mass is 79.9. The summed E-state index contributed by atoms with van der Waals surface area (Å²) in [5, 5.41) is 6.88. The van der Waals surface area contributed by atoms with E-state index in [0.29, 0.717) is 17.1 Å². The third kappa shape index (κ3) is 4.19. The lowest BCUT2D eigenvalue weighted by molar-refractivity contribution is -0.137. The summed E-state index contributed by atoms with van der Waals surface area (Å²) >= 11 is 9.82. The highest BCUT2D eigenvalue weighted by Crippen LogP contribution is 2.41. The zero-order valence-corrected chi connectivity index (χ0v) is 17.3. The largest absolute Gasteiger partial charge is 0.416 e. The van der Waals surface area contributed by atoms with Crippen LogP contribution in [0.5, 0.6) is 0 Å². The van der Waals surface area contributed by atoms with Gasteiger partial charge in [-0.2, -0.15) is 18.3 Å². The predicted octanol–water partition coefficient (Wildman–Crippen LogP) is 7.48. The molecule has 3 aromatic carbocycles. The van der Waals surface area contributed by atoms with Crippen molar-refractivity contribution in [2.75, 3.05) is 5.01 Å². The number of hydrazone groups is 1. The van der Waals surface area contributed by atoms with Gasteiger partial charge in [0.15, 0.2) is 0 Å². The lowest BCUT2D eigenvalue weighted by Gasteiger charge is -2.25. The van der Waals surface area contributed by atoms with Crippen molar-refractivity contribution in [2.45, 2.75) is 18.6 Å². The number of rotatable bonds is 3. The first kappa shape index (κ1) is 20.0. The van der Waals surface area contributed by atoms with Crippen molar-refractivity contribution in [3.8, 4) is 0 Å². The van der Waals surface area contributed by atoms with Gasteiger partial charge in [0.2, 0.25) is 0 Å². The maximum atomic E-state index is 13.2. The third-order valence-electron chi connectivity index (χ3n) is 4.79. The summed E-state index contributed by atoms with van der Waals surface area (Å²) in [6.07, 6.45) is -3.89. The quantitative estimate of drug-likeness (QED) is 0.380. The van der Waals surface area contributed by atoms with Crippen LogP contribution in [-0.2, 0) is 6.18 Å². The number of benzene rings is 3. The van der Waals surface area contributed by atoms with Crippen LogP contribution >= 0.6 is 27.5 Å². The Labute approximate surface area is 179 Å². The van der Waals surface area contributed by atoms with E-state index in [1.807, 2.05) is 42.5 Å². The zero-order chi connectivity index (χ0) is 20.6. The van der Waals surface area contributed by atoms with E-state index >= 15 is 0 Å². The van der Waals surface area contributed by atoms with Crippen molar-refractivity contribution in [2.24, 2.45) is 5.10 Å². The van der Waals surface area contributed by atoms with Gasteiger partial charge in [0, 0.05) is 15.9 Å². The SMILES string of the molecule is FC(F)(F)c1cccc(N2N=C(c3ccc(Br)cc3)C[C@@H]2c2ccccc2Cl)c1. The van der Waals surface area contributed by atoms with Crippen molar-refractivity contribution < 1.29 is 13.2 Å². The van der Waals surface area contributed by atoms with Crippen LogP contribution < -0.4 is 5.01 Å². The van der Waals surface area contributed by atoms with Crippen molar-refractivity contribution in [1.82, 2.24) is 0 Å². The minimum absolute atomic E-state index is 0.300. The molecule has 1 heterocycles. The second kappa shape index (κ2) is 7.84. The Morgan fingerprint density at radius 3 is 2.38 bits per heavy atom. The minimum atomic E-state index is -4.42. The molecule has 0 spiro atoms. The van der Waals surface area contributed by atoms with Crippen LogP contribution in [0.4, 0.5) is 18.9 Å². The molecule has 1 aliphatic rings. The van der Waals surface area contributed by atoms with E-state index in [1.54, 1.807) is 17.1 Å². The highest BCUT2D eigenvalue weighted by molar-refractivity contribution is 9.10. The van der Waals surface area contributed by atoms with Gasteiger partial charge in [-0.3, -0.25) is 5.01 Å². The zero-order valence-electron chi connectivity index (χ0n) is 15.0. The Balaban J connectivity index is 1.80. The molecule has 0 bridgehead atoms. The molecule has 4 rings (SSSR count). The first-order chi connectivity index (χ1) is 13.8. The van der Waals surface area contributed by atoms with E-state index in [1.165, 1.54) is 6.07 Å². The van der Waals surface area contributed by atoms with Gasteiger partial charge in [0.05, 0.1) is 23.0 Å².